The van der Waals surface area contributed by atoms with Gasteiger partial charge in [-0.15, -0.1) is 10.2 Å². The van der Waals surface area contributed by atoms with Crippen LogP contribution in [0.25, 0.3) is 5.65 Å². The maximum Gasteiger partial charge on any atom is 0.320 e. The SMILES string of the molecule is COCC(C)(C)c1nnc2ccc(O[C@@H]3CC[C@H](NC(=O)Nc4cc(C(C)(C)C)nc(C(=O)NCC5(N(C)C)CCC5)n4)c4ccccc43)cn12.O=CO. The third kappa shape index (κ3) is 8.96. The van der Waals surface area contributed by atoms with Crippen LogP contribution in [0.4, 0.5) is 10.6 Å². The number of methoxy groups -OCH3 is 1. The van der Waals surface area contributed by atoms with E-state index >= 15 is 0 Å². The molecule has 2 aliphatic rings. The minimum absolute atomic E-state index is 0.0352. The number of carbonyl (C=O) groups is 3. The number of urea groups is 1. The van der Waals surface area contributed by atoms with Gasteiger partial charge in [-0.3, -0.25) is 19.3 Å². The van der Waals surface area contributed by atoms with Gasteiger partial charge in [-0.25, -0.2) is 14.8 Å². The maximum absolute atomic E-state index is 13.5. The maximum atomic E-state index is 13.5. The number of hydrogen-bond acceptors (Lipinski definition) is 10. The summed E-state index contributed by atoms with van der Waals surface area (Å²) in [5.41, 5.74) is 2.62. The van der Waals surface area contributed by atoms with Crippen molar-refractivity contribution in [2.24, 2.45) is 0 Å². The van der Waals surface area contributed by atoms with Crippen molar-refractivity contribution in [2.45, 2.75) is 95.2 Å². The number of anilines is 1. The van der Waals surface area contributed by atoms with E-state index in [0.717, 1.165) is 41.9 Å². The lowest BCUT2D eigenvalue weighted by molar-refractivity contribution is -0.122. The zero-order valence-corrected chi connectivity index (χ0v) is 32.5. The first-order valence-corrected chi connectivity index (χ1v) is 18.2. The molecule has 0 unspecified atom stereocenters. The topological polar surface area (TPSA) is 185 Å². The number of rotatable bonds is 11. The predicted molar refractivity (Wildman–Crippen MR) is 204 cm³/mol. The largest absolute Gasteiger partial charge is 0.484 e. The molecule has 15 nitrogen and oxygen atoms in total. The third-order valence-electron chi connectivity index (χ3n) is 10.3. The number of likely N-dealkylation sites (N-methyl/N-ethyl adjacent to an activating group) is 1. The summed E-state index contributed by atoms with van der Waals surface area (Å²) in [7, 11) is 5.76. The average molecular weight is 744 g/mol. The van der Waals surface area contributed by atoms with E-state index in [0.29, 0.717) is 37.4 Å². The summed E-state index contributed by atoms with van der Waals surface area (Å²) in [6, 6.07) is 12.9. The number of ether oxygens (including phenoxy) is 2. The Labute approximate surface area is 316 Å². The Balaban J connectivity index is 0.00000181. The second-order valence-corrected chi connectivity index (χ2v) is 15.9. The van der Waals surface area contributed by atoms with Crippen molar-refractivity contribution in [1.82, 2.24) is 40.1 Å². The Morgan fingerprint density at radius 3 is 2.37 bits per heavy atom. The molecule has 4 N–H and O–H groups in total. The van der Waals surface area contributed by atoms with E-state index in [-0.39, 0.29) is 52.5 Å². The van der Waals surface area contributed by atoms with E-state index in [1.54, 1.807) is 13.2 Å². The molecule has 1 saturated carbocycles. The fraction of sp³-hybridized carbons (Fsp3) is 0.513. The molecule has 6 rings (SSSR count). The Hall–Kier alpha value is -5.15. The lowest BCUT2D eigenvalue weighted by atomic mass is 9.75. The number of pyridine rings is 1. The number of carbonyl (C=O) groups excluding carboxylic acids is 2. The molecule has 0 aliphatic heterocycles. The fourth-order valence-corrected chi connectivity index (χ4v) is 7.01. The van der Waals surface area contributed by atoms with E-state index in [9.17, 15) is 9.59 Å². The number of fused-ring (bicyclic) bond motifs is 2. The van der Waals surface area contributed by atoms with Crippen LogP contribution >= 0.6 is 0 Å². The molecule has 0 saturated heterocycles. The van der Waals surface area contributed by atoms with Crippen molar-refractivity contribution in [1.29, 1.82) is 0 Å². The highest BCUT2D eigenvalue weighted by Gasteiger charge is 2.39. The molecule has 2 atom stereocenters. The molecule has 2 aliphatic carbocycles. The first-order chi connectivity index (χ1) is 25.6. The standard InChI is InChI=1S/C38H51N9O4.CH2O2/c1-36(2,3)29-20-30(42-32(41-29)33(48)39-22-38(46(6)7)18-11-19-38)43-35(49)40-27-15-16-28(26-13-10-9-12-25(26)27)51-24-14-17-31-44-45-34(47(31)21-24)37(4,5)23-50-8;2-1-3/h9-10,12-14,17,20-21,27-28H,11,15-16,18-19,22-23H2,1-8H3,(H,39,48)(H2,40,41,42,43,49);1H,(H,2,3)/t27-,28+;/m0./s1. The third-order valence-corrected chi connectivity index (χ3v) is 10.3. The molecule has 15 heteroatoms. The average Bonchev–Trinajstić information content (AvgIpc) is 3.53. The first kappa shape index (κ1) is 40.0. The molecule has 54 heavy (non-hydrogen) atoms. The number of amides is 3. The van der Waals surface area contributed by atoms with Crippen molar-refractivity contribution < 1.29 is 29.0 Å². The molecule has 0 spiro atoms. The van der Waals surface area contributed by atoms with E-state index in [2.05, 4.69) is 54.9 Å². The van der Waals surface area contributed by atoms with E-state index < -0.39 is 6.03 Å². The van der Waals surface area contributed by atoms with E-state index in [4.69, 9.17) is 19.4 Å². The van der Waals surface area contributed by atoms with Crippen molar-refractivity contribution in [2.75, 3.05) is 39.7 Å². The van der Waals surface area contributed by atoms with Gasteiger partial charge in [0.15, 0.2) is 5.65 Å². The zero-order chi connectivity index (χ0) is 39.3. The highest BCUT2D eigenvalue weighted by atomic mass is 16.5. The Kier molecular flexibility index (Phi) is 12.2. The monoisotopic (exact) mass is 743 g/mol. The lowest BCUT2D eigenvalue weighted by Gasteiger charge is -2.47. The Bertz CT molecular complexity index is 1950. The molecular formula is C39H53N9O6. The molecule has 0 radical (unpaired) electrons. The smallest absolute Gasteiger partial charge is 0.320 e. The van der Waals surface area contributed by atoms with Gasteiger partial charge in [0, 0.05) is 36.1 Å². The van der Waals surface area contributed by atoms with Crippen LogP contribution in [0, 0.1) is 0 Å². The highest BCUT2D eigenvalue weighted by Crippen LogP contribution is 2.39. The number of nitrogens with zero attached hydrogens (tertiary/aromatic N) is 6. The van der Waals surface area contributed by atoms with Crippen molar-refractivity contribution in [3.63, 3.8) is 0 Å². The summed E-state index contributed by atoms with van der Waals surface area (Å²) in [4.78, 5) is 46.4. The van der Waals surface area contributed by atoms with E-state index in [1.165, 1.54) is 0 Å². The quantitative estimate of drug-likeness (QED) is 0.144. The number of nitrogens with one attached hydrogen (secondary N) is 3. The van der Waals surface area contributed by atoms with Gasteiger partial charge in [0.1, 0.15) is 23.5 Å². The summed E-state index contributed by atoms with van der Waals surface area (Å²) >= 11 is 0. The van der Waals surface area contributed by atoms with Gasteiger partial charge >= 0.3 is 6.03 Å². The summed E-state index contributed by atoms with van der Waals surface area (Å²) in [6.45, 7) is 10.9. The number of aromatic nitrogens is 5. The molecule has 3 heterocycles. The van der Waals surface area contributed by atoms with Gasteiger partial charge in [-0.1, -0.05) is 58.9 Å². The number of hydrogen-bond donors (Lipinski definition) is 4. The van der Waals surface area contributed by atoms with Crippen LogP contribution in [-0.2, 0) is 20.4 Å². The molecule has 290 valence electrons. The van der Waals surface area contributed by atoms with Crippen LogP contribution in [0.5, 0.6) is 5.75 Å². The van der Waals surface area contributed by atoms with Gasteiger partial charge in [0.05, 0.1) is 24.5 Å². The van der Waals surface area contributed by atoms with Gasteiger partial charge in [0.25, 0.3) is 12.4 Å². The minimum Gasteiger partial charge on any atom is -0.484 e. The molecule has 3 amide bonds. The molecular weight excluding hydrogens is 690 g/mol. The van der Waals surface area contributed by atoms with Crippen LogP contribution in [0.3, 0.4) is 0 Å². The summed E-state index contributed by atoms with van der Waals surface area (Å²) < 4.78 is 14.0. The summed E-state index contributed by atoms with van der Waals surface area (Å²) in [5.74, 6) is 1.44. The highest BCUT2D eigenvalue weighted by molar-refractivity contribution is 5.92. The van der Waals surface area contributed by atoms with Gasteiger partial charge in [0.2, 0.25) is 5.82 Å². The molecule has 4 aromatic rings. The summed E-state index contributed by atoms with van der Waals surface area (Å²) in [5, 5.41) is 24.7. The predicted octanol–water partition coefficient (Wildman–Crippen LogP) is 5.43. The van der Waals surface area contributed by atoms with E-state index in [1.807, 2.05) is 81.9 Å². The second kappa shape index (κ2) is 16.5. The van der Waals surface area contributed by atoms with Gasteiger partial charge in [-0.2, -0.15) is 0 Å². The van der Waals surface area contributed by atoms with Crippen LogP contribution in [0.15, 0.2) is 48.7 Å². The second-order valence-electron chi connectivity index (χ2n) is 15.9. The van der Waals surface area contributed by atoms with Gasteiger partial charge < -0.3 is 30.1 Å². The Morgan fingerprint density at radius 2 is 1.74 bits per heavy atom. The van der Waals surface area contributed by atoms with Crippen LogP contribution < -0.4 is 20.7 Å². The van der Waals surface area contributed by atoms with Crippen molar-refractivity contribution >= 4 is 29.9 Å². The normalized spacial score (nSPS) is 17.7. The van der Waals surface area contributed by atoms with Crippen LogP contribution in [0.2, 0.25) is 0 Å². The van der Waals surface area contributed by atoms with Gasteiger partial charge in [-0.05, 0) is 69.5 Å². The molecule has 1 aromatic carbocycles. The van der Waals surface area contributed by atoms with Crippen LogP contribution in [-0.4, -0.2) is 92.9 Å². The zero-order valence-electron chi connectivity index (χ0n) is 32.5. The lowest BCUT2D eigenvalue weighted by Crippen LogP contribution is -2.57. The van der Waals surface area contributed by atoms with Crippen LogP contribution in [0.1, 0.15) is 112 Å². The molecule has 1 fully saturated rings. The number of benzene rings is 1. The molecule has 0 bridgehead atoms. The van der Waals surface area contributed by atoms with Crippen molar-refractivity contribution in [3.8, 4) is 5.75 Å². The first-order valence-electron chi connectivity index (χ1n) is 18.2. The minimum atomic E-state index is -0.413. The Morgan fingerprint density at radius 1 is 1.04 bits per heavy atom. The molecule has 3 aromatic heterocycles. The van der Waals surface area contributed by atoms with Crippen molar-refractivity contribution in [3.05, 3.63) is 77.1 Å². The fourth-order valence-electron chi connectivity index (χ4n) is 7.01. The number of carboxylic acid groups (broad SMARTS) is 1. The summed E-state index contributed by atoms with van der Waals surface area (Å²) in [6.07, 6.45) is 6.26.